The van der Waals surface area contributed by atoms with Gasteiger partial charge in [-0.1, -0.05) is 19.4 Å². The number of nitrogens with one attached hydrogen (secondary N) is 1. The van der Waals surface area contributed by atoms with E-state index in [1.165, 1.54) is 0 Å². The van der Waals surface area contributed by atoms with E-state index in [1.807, 2.05) is 33.0 Å². The van der Waals surface area contributed by atoms with Crippen molar-refractivity contribution >= 4 is 5.97 Å². The highest BCUT2D eigenvalue weighted by Crippen LogP contribution is 2.31. The molecule has 0 aliphatic rings. The van der Waals surface area contributed by atoms with E-state index in [-0.39, 0.29) is 6.04 Å². The summed E-state index contributed by atoms with van der Waals surface area (Å²) in [5.41, 5.74) is 1.05. The first kappa shape index (κ1) is 16.3. The minimum absolute atomic E-state index is 0.184. The Morgan fingerprint density at radius 1 is 1.40 bits per heavy atom. The number of aliphatic carboxylic acids is 1. The lowest BCUT2D eigenvalue weighted by atomic mass is 10.1. The van der Waals surface area contributed by atoms with Gasteiger partial charge in [0.15, 0.2) is 17.6 Å². The molecule has 0 heterocycles. The number of methoxy groups -OCH3 is 1. The molecule has 0 aromatic heterocycles. The molecule has 0 bridgehead atoms. The number of carbonyl (C=O) groups is 1. The van der Waals surface area contributed by atoms with Crippen LogP contribution in [-0.4, -0.2) is 31.3 Å². The average Bonchev–Trinajstić information content (AvgIpc) is 2.46. The highest BCUT2D eigenvalue weighted by Gasteiger charge is 2.20. The van der Waals surface area contributed by atoms with Crippen LogP contribution in [0.2, 0.25) is 0 Å². The normalized spacial score (nSPS) is 13.6. The van der Waals surface area contributed by atoms with E-state index in [9.17, 15) is 4.79 Å². The first-order valence-corrected chi connectivity index (χ1v) is 6.78. The largest absolute Gasteiger partial charge is 0.493 e. The number of hydrogen-bond donors (Lipinski definition) is 2. The molecule has 0 aliphatic carbocycles. The topological polar surface area (TPSA) is 67.8 Å². The lowest BCUT2D eigenvalue weighted by Crippen LogP contribution is -2.26. The molecule has 0 saturated carbocycles. The minimum Gasteiger partial charge on any atom is -0.493 e. The summed E-state index contributed by atoms with van der Waals surface area (Å²) in [5, 5.41) is 12.3. The molecule has 1 rings (SSSR count). The molecule has 2 N–H and O–H groups in total. The van der Waals surface area contributed by atoms with Crippen LogP contribution in [-0.2, 0) is 4.79 Å². The molecule has 0 amide bonds. The number of rotatable bonds is 8. The average molecular weight is 281 g/mol. The first-order chi connectivity index (χ1) is 9.53. The number of benzene rings is 1. The number of ether oxygens (including phenoxy) is 2. The van der Waals surface area contributed by atoms with Gasteiger partial charge in [-0.3, -0.25) is 0 Å². The lowest BCUT2D eigenvalue weighted by molar-refractivity contribution is -0.145. The van der Waals surface area contributed by atoms with Crippen molar-refractivity contribution in [2.45, 2.75) is 38.8 Å². The van der Waals surface area contributed by atoms with Crippen LogP contribution < -0.4 is 14.8 Å². The Hall–Kier alpha value is -1.75. The number of carboxylic acid groups (broad SMARTS) is 1. The van der Waals surface area contributed by atoms with Gasteiger partial charge in [0, 0.05) is 6.04 Å². The lowest BCUT2D eigenvalue weighted by Gasteiger charge is -2.18. The summed E-state index contributed by atoms with van der Waals surface area (Å²) in [4.78, 5) is 11.1. The molecule has 0 aliphatic heterocycles. The molecule has 112 valence electrons. The van der Waals surface area contributed by atoms with Crippen molar-refractivity contribution in [3.05, 3.63) is 23.8 Å². The van der Waals surface area contributed by atoms with E-state index < -0.39 is 12.1 Å². The van der Waals surface area contributed by atoms with Crippen LogP contribution in [0.15, 0.2) is 18.2 Å². The van der Waals surface area contributed by atoms with E-state index in [2.05, 4.69) is 5.32 Å². The highest BCUT2D eigenvalue weighted by atomic mass is 16.5. The van der Waals surface area contributed by atoms with Crippen LogP contribution >= 0.6 is 0 Å². The summed E-state index contributed by atoms with van der Waals surface area (Å²) in [5.74, 6) is 0.0499. The maximum atomic E-state index is 11.1. The molecule has 20 heavy (non-hydrogen) atoms. The van der Waals surface area contributed by atoms with Gasteiger partial charge in [-0.05, 0) is 38.1 Å². The molecule has 5 nitrogen and oxygen atoms in total. The van der Waals surface area contributed by atoms with Gasteiger partial charge in [-0.15, -0.1) is 0 Å². The van der Waals surface area contributed by atoms with Crippen molar-refractivity contribution in [1.82, 2.24) is 5.32 Å². The molecule has 2 unspecified atom stereocenters. The molecule has 1 aromatic rings. The smallest absolute Gasteiger partial charge is 0.344 e. The predicted octanol–water partition coefficient (Wildman–Crippen LogP) is 2.61. The standard InChI is InChI=1S/C15H23NO4/c1-5-6-13(15(17)18)20-12-8-7-11(10(2)16-3)9-14(12)19-4/h7-10,13,16H,5-6H2,1-4H3,(H,17,18). The van der Waals surface area contributed by atoms with Crippen molar-refractivity contribution in [2.24, 2.45) is 0 Å². The zero-order chi connectivity index (χ0) is 15.1. The van der Waals surface area contributed by atoms with Crippen LogP contribution in [0.25, 0.3) is 0 Å². The fourth-order valence-electron chi connectivity index (χ4n) is 1.87. The third kappa shape index (κ3) is 4.13. The van der Waals surface area contributed by atoms with Gasteiger partial charge in [0.2, 0.25) is 0 Å². The summed E-state index contributed by atoms with van der Waals surface area (Å²) in [6.07, 6.45) is 0.364. The van der Waals surface area contributed by atoms with E-state index in [1.54, 1.807) is 13.2 Å². The molecule has 0 fully saturated rings. The fraction of sp³-hybridized carbons (Fsp3) is 0.533. The van der Waals surface area contributed by atoms with Crippen LogP contribution in [0.5, 0.6) is 11.5 Å². The first-order valence-electron chi connectivity index (χ1n) is 6.78. The monoisotopic (exact) mass is 281 g/mol. The predicted molar refractivity (Wildman–Crippen MR) is 77.4 cm³/mol. The Morgan fingerprint density at radius 2 is 2.10 bits per heavy atom. The molecule has 5 heteroatoms. The van der Waals surface area contributed by atoms with Crippen LogP contribution in [0, 0.1) is 0 Å². The van der Waals surface area contributed by atoms with Crippen molar-refractivity contribution in [3.63, 3.8) is 0 Å². The molecular formula is C15H23NO4. The summed E-state index contributed by atoms with van der Waals surface area (Å²) in [6.45, 7) is 3.96. The second-order valence-corrected chi connectivity index (χ2v) is 4.65. The van der Waals surface area contributed by atoms with Gasteiger partial charge >= 0.3 is 5.97 Å². The van der Waals surface area contributed by atoms with Crippen molar-refractivity contribution in [3.8, 4) is 11.5 Å². The van der Waals surface area contributed by atoms with E-state index in [0.29, 0.717) is 17.9 Å². The maximum Gasteiger partial charge on any atom is 0.344 e. The summed E-state index contributed by atoms with van der Waals surface area (Å²) < 4.78 is 10.9. The van der Waals surface area contributed by atoms with Crippen molar-refractivity contribution in [1.29, 1.82) is 0 Å². The second-order valence-electron chi connectivity index (χ2n) is 4.65. The Balaban J connectivity index is 2.97. The van der Waals surface area contributed by atoms with Gasteiger partial charge < -0.3 is 19.9 Å². The summed E-state index contributed by atoms with van der Waals surface area (Å²) >= 11 is 0. The van der Waals surface area contributed by atoms with Gasteiger partial charge in [-0.2, -0.15) is 0 Å². The van der Waals surface area contributed by atoms with Gasteiger partial charge in [0.05, 0.1) is 7.11 Å². The molecule has 0 saturated heterocycles. The molecule has 2 atom stereocenters. The van der Waals surface area contributed by atoms with E-state index >= 15 is 0 Å². The molecular weight excluding hydrogens is 258 g/mol. The van der Waals surface area contributed by atoms with Crippen LogP contribution in [0.3, 0.4) is 0 Å². The summed E-state index contributed by atoms with van der Waals surface area (Å²) in [6, 6.07) is 5.71. The number of carboxylic acids is 1. The third-order valence-corrected chi connectivity index (χ3v) is 3.22. The zero-order valence-corrected chi connectivity index (χ0v) is 12.5. The van der Waals surface area contributed by atoms with Crippen LogP contribution in [0.4, 0.5) is 0 Å². The summed E-state index contributed by atoms with van der Waals surface area (Å²) in [7, 11) is 3.43. The van der Waals surface area contributed by atoms with Gasteiger partial charge in [0.1, 0.15) is 0 Å². The third-order valence-electron chi connectivity index (χ3n) is 3.22. The molecule has 0 spiro atoms. The molecule has 1 aromatic carbocycles. The SMILES string of the molecule is CCCC(Oc1ccc(C(C)NC)cc1OC)C(=O)O. The minimum atomic E-state index is -0.957. The van der Waals surface area contributed by atoms with E-state index in [4.69, 9.17) is 14.6 Å². The Kier molecular flexibility index (Phi) is 6.31. The van der Waals surface area contributed by atoms with Crippen LogP contribution in [0.1, 0.15) is 38.3 Å². The zero-order valence-electron chi connectivity index (χ0n) is 12.5. The highest BCUT2D eigenvalue weighted by molar-refractivity contribution is 5.72. The second kappa shape index (κ2) is 7.75. The van der Waals surface area contributed by atoms with Gasteiger partial charge in [0.25, 0.3) is 0 Å². The Bertz CT molecular complexity index is 447. The van der Waals surface area contributed by atoms with E-state index in [0.717, 1.165) is 12.0 Å². The fourth-order valence-corrected chi connectivity index (χ4v) is 1.87. The Labute approximate surface area is 119 Å². The molecule has 0 radical (unpaired) electrons. The number of hydrogen-bond acceptors (Lipinski definition) is 4. The quantitative estimate of drug-likeness (QED) is 0.766. The Morgan fingerprint density at radius 3 is 2.60 bits per heavy atom. The van der Waals surface area contributed by atoms with Gasteiger partial charge in [-0.25, -0.2) is 4.79 Å². The van der Waals surface area contributed by atoms with Crippen molar-refractivity contribution in [2.75, 3.05) is 14.2 Å². The van der Waals surface area contributed by atoms with Crippen molar-refractivity contribution < 1.29 is 19.4 Å². The maximum absolute atomic E-state index is 11.1.